The molecule has 0 radical (unpaired) electrons. The highest BCUT2D eigenvalue weighted by molar-refractivity contribution is 5.95. The summed E-state index contributed by atoms with van der Waals surface area (Å²) < 4.78 is 11.2. The van der Waals surface area contributed by atoms with Gasteiger partial charge < -0.3 is 9.47 Å². The molecule has 5 heteroatoms. The molecule has 0 spiro atoms. The third kappa shape index (κ3) is 4.38. The number of aromatic nitrogens is 2. The van der Waals surface area contributed by atoms with E-state index in [4.69, 9.17) is 9.47 Å². The van der Waals surface area contributed by atoms with Gasteiger partial charge in [-0.3, -0.25) is 9.78 Å². The zero-order valence-electron chi connectivity index (χ0n) is 14.1. The molecular formula is C19H22N2O3. The minimum absolute atomic E-state index is 0.0518. The van der Waals surface area contributed by atoms with E-state index in [1.807, 2.05) is 32.0 Å². The Labute approximate surface area is 142 Å². The van der Waals surface area contributed by atoms with Crippen molar-refractivity contribution in [1.82, 2.24) is 9.97 Å². The Morgan fingerprint density at radius 1 is 1.33 bits per heavy atom. The Bertz CT molecular complexity index is 707. The molecule has 126 valence electrons. The molecule has 1 saturated heterocycles. The summed E-state index contributed by atoms with van der Waals surface area (Å²) in [5.74, 6) is 1.06. The maximum absolute atomic E-state index is 12.5. The number of pyridine rings is 2. The van der Waals surface area contributed by atoms with E-state index in [0.29, 0.717) is 24.0 Å². The van der Waals surface area contributed by atoms with Gasteiger partial charge in [0.05, 0.1) is 19.6 Å². The molecule has 0 aliphatic carbocycles. The van der Waals surface area contributed by atoms with Gasteiger partial charge in [0.1, 0.15) is 11.4 Å². The molecule has 3 rings (SSSR count). The van der Waals surface area contributed by atoms with E-state index in [9.17, 15) is 4.79 Å². The molecule has 5 nitrogen and oxygen atoms in total. The molecule has 2 aromatic rings. The molecule has 2 aromatic heterocycles. The number of carbonyl (C=O) groups is 1. The first-order chi connectivity index (χ1) is 11.6. The molecule has 0 unspecified atom stereocenters. The highest BCUT2D eigenvalue weighted by Gasteiger charge is 2.17. The van der Waals surface area contributed by atoms with Gasteiger partial charge in [-0.05, 0) is 31.9 Å². The fraction of sp³-hybridized carbons (Fsp3) is 0.421. The number of hydrogen-bond acceptors (Lipinski definition) is 5. The van der Waals surface area contributed by atoms with Crippen molar-refractivity contribution in [3.05, 3.63) is 53.1 Å². The van der Waals surface area contributed by atoms with Gasteiger partial charge >= 0.3 is 0 Å². The van der Waals surface area contributed by atoms with E-state index in [1.165, 1.54) is 0 Å². The molecule has 0 bridgehead atoms. The Hall–Kier alpha value is -2.27. The van der Waals surface area contributed by atoms with E-state index in [0.717, 1.165) is 36.6 Å². The van der Waals surface area contributed by atoms with Gasteiger partial charge in [-0.15, -0.1) is 0 Å². The smallest absolute Gasteiger partial charge is 0.187 e. The van der Waals surface area contributed by atoms with Gasteiger partial charge in [0.25, 0.3) is 0 Å². The lowest BCUT2D eigenvalue weighted by atomic mass is 10.1. The monoisotopic (exact) mass is 326 g/mol. The topological polar surface area (TPSA) is 61.3 Å². The van der Waals surface area contributed by atoms with Crippen LogP contribution in [0.1, 0.15) is 33.9 Å². The van der Waals surface area contributed by atoms with Crippen molar-refractivity contribution < 1.29 is 14.3 Å². The van der Waals surface area contributed by atoms with E-state index >= 15 is 0 Å². The van der Waals surface area contributed by atoms with Crippen molar-refractivity contribution >= 4 is 5.78 Å². The molecule has 24 heavy (non-hydrogen) atoms. The van der Waals surface area contributed by atoms with Crippen LogP contribution in [0.2, 0.25) is 0 Å². The molecule has 1 aliphatic heterocycles. The first-order valence-electron chi connectivity index (χ1n) is 8.24. The zero-order valence-corrected chi connectivity index (χ0v) is 14.1. The maximum Gasteiger partial charge on any atom is 0.187 e. The number of rotatable bonds is 6. The summed E-state index contributed by atoms with van der Waals surface area (Å²) in [4.78, 5) is 21.1. The second-order valence-electron chi connectivity index (χ2n) is 6.30. The van der Waals surface area contributed by atoms with Crippen LogP contribution in [0.15, 0.2) is 30.5 Å². The summed E-state index contributed by atoms with van der Waals surface area (Å²) >= 11 is 0. The standard InChI is InChI=1S/C19H22N2O3/c1-13-3-4-16(20-10-13)8-19(22)18-9-17(7-14(2)21-18)24-12-15-5-6-23-11-15/h3-4,7,9-10,15H,5-6,8,11-12H2,1-2H3/t15-/m0/s1. The van der Waals surface area contributed by atoms with Crippen LogP contribution in [-0.2, 0) is 11.2 Å². The number of Topliss-reactive ketones (excluding diaryl/α,β-unsaturated/α-hetero) is 1. The van der Waals surface area contributed by atoms with Crippen LogP contribution < -0.4 is 4.74 Å². The molecule has 1 fully saturated rings. The van der Waals surface area contributed by atoms with E-state index in [2.05, 4.69) is 9.97 Å². The number of carbonyl (C=O) groups excluding carboxylic acids is 1. The molecule has 0 amide bonds. The molecule has 3 heterocycles. The molecule has 0 saturated carbocycles. The summed E-state index contributed by atoms with van der Waals surface area (Å²) in [7, 11) is 0. The summed E-state index contributed by atoms with van der Waals surface area (Å²) in [5.41, 5.74) is 3.02. The van der Waals surface area contributed by atoms with Crippen LogP contribution in [0.5, 0.6) is 5.75 Å². The predicted octanol–water partition coefficient (Wildman–Crippen LogP) is 2.93. The predicted molar refractivity (Wildman–Crippen MR) is 90.4 cm³/mol. The normalized spacial score (nSPS) is 17.0. The fourth-order valence-corrected chi connectivity index (χ4v) is 2.65. The Morgan fingerprint density at radius 3 is 2.92 bits per heavy atom. The summed E-state index contributed by atoms with van der Waals surface area (Å²) in [6, 6.07) is 7.41. The lowest BCUT2D eigenvalue weighted by molar-refractivity contribution is 0.0986. The molecule has 1 atom stereocenters. The Balaban J connectivity index is 1.67. The number of ether oxygens (including phenoxy) is 2. The van der Waals surface area contributed by atoms with Gasteiger partial charge in [0, 0.05) is 42.2 Å². The third-order valence-corrected chi connectivity index (χ3v) is 4.04. The van der Waals surface area contributed by atoms with Crippen LogP contribution in [0.4, 0.5) is 0 Å². The van der Waals surface area contributed by atoms with Crippen LogP contribution in [0.25, 0.3) is 0 Å². The second kappa shape index (κ2) is 7.53. The van der Waals surface area contributed by atoms with Crippen molar-refractivity contribution in [2.24, 2.45) is 5.92 Å². The van der Waals surface area contributed by atoms with Crippen LogP contribution in [0.3, 0.4) is 0 Å². The van der Waals surface area contributed by atoms with E-state index in [1.54, 1.807) is 12.3 Å². The van der Waals surface area contributed by atoms with Crippen molar-refractivity contribution in [3.63, 3.8) is 0 Å². The molecular weight excluding hydrogens is 304 g/mol. The highest BCUT2D eigenvalue weighted by Crippen LogP contribution is 2.19. The van der Waals surface area contributed by atoms with Crippen LogP contribution in [-0.4, -0.2) is 35.6 Å². The summed E-state index contributed by atoms with van der Waals surface area (Å²) in [6.45, 7) is 5.99. The second-order valence-corrected chi connectivity index (χ2v) is 6.30. The van der Waals surface area contributed by atoms with Crippen LogP contribution >= 0.6 is 0 Å². The maximum atomic E-state index is 12.5. The molecule has 1 aliphatic rings. The number of aryl methyl sites for hydroxylation is 2. The Kier molecular flexibility index (Phi) is 5.20. The SMILES string of the molecule is Cc1ccc(CC(=O)c2cc(OC[C@H]3CCOC3)cc(C)n2)nc1. The first kappa shape index (κ1) is 16.6. The minimum Gasteiger partial charge on any atom is -0.493 e. The lowest BCUT2D eigenvalue weighted by Crippen LogP contribution is -2.13. The molecule has 0 aromatic carbocycles. The van der Waals surface area contributed by atoms with E-state index in [-0.39, 0.29) is 12.2 Å². The van der Waals surface area contributed by atoms with Crippen LogP contribution in [0, 0.1) is 19.8 Å². The number of ketones is 1. The van der Waals surface area contributed by atoms with Crippen molar-refractivity contribution in [2.75, 3.05) is 19.8 Å². The zero-order chi connectivity index (χ0) is 16.9. The number of nitrogens with zero attached hydrogens (tertiary/aromatic N) is 2. The van der Waals surface area contributed by atoms with Gasteiger partial charge in [-0.2, -0.15) is 0 Å². The highest BCUT2D eigenvalue weighted by atomic mass is 16.5. The fourth-order valence-electron chi connectivity index (χ4n) is 2.65. The van der Waals surface area contributed by atoms with Gasteiger partial charge in [-0.25, -0.2) is 4.98 Å². The average molecular weight is 326 g/mol. The quantitative estimate of drug-likeness (QED) is 0.764. The van der Waals surface area contributed by atoms with Gasteiger partial charge in [0.2, 0.25) is 0 Å². The van der Waals surface area contributed by atoms with E-state index < -0.39 is 0 Å². The largest absolute Gasteiger partial charge is 0.493 e. The van der Waals surface area contributed by atoms with Gasteiger partial charge in [-0.1, -0.05) is 6.07 Å². The summed E-state index contributed by atoms with van der Waals surface area (Å²) in [5, 5.41) is 0. The number of hydrogen-bond donors (Lipinski definition) is 0. The van der Waals surface area contributed by atoms with Gasteiger partial charge in [0.15, 0.2) is 5.78 Å². The lowest BCUT2D eigenvalue weighted by Gasteiger charge is -2.12. The van der Waals surface area contributed by atoms with Crippen molar-refractivity contribution in [1.29, 1.82) is 0 Å². The Morgan fingerprint density at radius 2 is 2.21 bits per heavy atom. The first-order valence-corrected chi connectivity index (χ1v) is 8.24. The third-order valence-electron chi connectivity index (χ3n) is 4.04. The average Bonchev–Trinajstić information content (AvgIpc) is 3.08. The van der Waals surface area contributed by atoms with Crippen molar-refractivity contribution in [2.45, 2.75) is 26.7 Å². The minimum atomic E-state index is -0.0518. The molecule has 0 N–H and O–H groups in total. The summed E-state index contributed by atoms with van der Waals surface area (Å²) in [6.07, 6.45) is 3.03. The van der Waals surface area contributed by atoms with Crippen molar-refractivity contribution in [3.8, 4) is 5.75 Å².